The number of sulfone groups is 1. The Hall–Kier alpha value is -1.93. The fraction of sp³-hybridized carbons (Fsp3) is 0.0769. The van der Waals surface area contributed by atoms with Crippen LogP contribution in [0.1, 0.15) is 0 Å². The van der Waals surface area contributed by atoms with Crippen molar-refractivity contribution in [2.75, 3.05) is 11.0 Å². The Bertz CT molecular complexity index is 877. The second-order valence-electron chi connectivity index (χ2n) is 4.36. The molecule has 0 amide bonds. The van der Waals surface area contributed by atoms with E-state index in [-0.39, 0.29) is 15.5 Å². The van der Waals surface area contributed by atoms with Gasteiger partial charge < -0.3 is 0 Å². The van der Waals surface area contributed by atoms with Crippen molar-refractivity contribution in [2.24, 2.45) is 0 Å². The highest BCUT2D eigenvalue weighted by Crippen LogP contribution is 2.19. The number of halogens is 1. The van der Waals surface area contributed by atoms with Gasteiger partial charge in [-0.05, 0) is 36.4 Å². The Morgan fingerprint density at radius 3 is 2.14 bits per heavy atom. The first-order valence-corrected chi connectivity index (χ1v) is 9.14. The molecule has 0 bridgehead atoms. The van der Waals surface area contributed by atoms with Crippen molar-refractivity contribution in [3.63, 3.8) is 0 Å². The van der Waals surface area contributed by atoms with Gasteiger partial charge in [0.2, 0.25) is 0 Å². The number of nitrogens with one attached hydrogen (secondary N) is 1. The van der Waals surface area contributed by atoms with E-state index < -0.39 is 25.7 Å². The Morgan fingerprint density at radius 1 is 0.905 bits per heavy atom. The topological polar surface area (TPSA) is 80.3 Å². The van der Waals surface area contributed by atoms with Crippen LogP contribution in [-0.4, -0.2) is 23.1 Å². The minimum absolute atomic E-state index is 0.0121. The van der Waals surface area contributed by atoms with Crippen LogP contribution in [0.2, 0.25) is 0 Å². The Kier molecular flexibility index (Phi) is 4.02. The Balaban J connectivity index is 2.38. The molecule has 21 heavy (non-hydrogen) atoms. The fourth-order valence-corrected chi connectivity index (χ4v) is 3.39. The van der Waals surface area contributed by atoms with E-state index in [2.05, 4.69) is 4.72 Å². The third-order valence-electron chi connectivity index (χ3n) is 2.62. The molecule has 1 N–H and O–H groups in total. The third kappa shape index (κ3) is 3.79. The van der Waals surface area contributed by atoms with E-state index in [1.54, 1.807) is 0 Å². The van der Waals surface area contributed by atoms with Crippen molar-refractivity contribution in [3.8, 4) is 0 Å². The molecule has 0 heterocycles. The van der Waals surface area contributed by atoms with E-state index in [9.17, 15) is 21.2 Å². The van der Waals surface area contributed by atoms with Crippen molar-refractivity contribution in [2.45, 2.75) is 9.79 Å². The molecule has 112 valence electrons. The first-order chi connectivity index (χ1) is 9.68. The summed E-state index contributed by atoms with van der Waals surface area (Å²) in [6.45, 7) is 0. The first kappa shape index (κ1) is 15.5. The molecular formula is C13H12FNO4S2. The van der Waals surface area contributed by atoms with Gasteiger partial charge >= 0.3 is 0 Å². The number of hydrogen-bond acceptors (Lipinski definition) is 4. The minimum Gasteiger partial charge on any atom is -0.280 e. The molecule has 0 aliphatic rings. The zero-order valence-electron chi connectivity index (χ0n) is 10.9. The second-order valence-corrected chi connectivity index (χ2v) is 8.06. The number of anilines is 1. The highest BCUT2D eigenvalue weighted by Gasteiger charge is 2.16. The lowest BCUT2D eigenvalue weighted by atomic mass is 10.3. The summed E-state index contributed by atoms with van der Waals surface area (Å²) in [7, 11) is -7.43. The van der Waals surface area contributed by atoms with E-state index in [1.807, 2.05) is 0 Å². The average Bonchev–Trinajstić information content (AvgIpc) is 2.37. The van der Waals surface area contributed by atoms with Gasteiger partial charge in [-0.2, -0.15) is 0 Å². The highest BCUT2D eigenvalue weighted by molar-refractivity contribution is 7.92. The lowest BCUT2D eigenvalue weighted by Gasteiger charge is -2.09. The first-order valence-electron chi connectivity index (χ1n) is 5.77. The van der Waals surface area contributed by atoms with Crippen LogP contribution in [0.5, 0.6) is 0 Å². The van der Waals surface area contributed by atoms with Gasteiger partial charge in [-0.1, -0.05) is 12.1 Å². The summed E-state index contributed by atoms with van der Waals surface area (Å²) in [4.78, 5) is -0.255. The lowest BCUT2D eigenvalue weighted by molar-refractivity contribution is 0.594. The largest absolute Gasteiger partial charge is 0.280 e. The van der Waals surface area contributed by atoms with Gasteiger partial charge in [0.15, 0.2) is 9.84 Å². The van der Waals surface area contributed by atoms with Gasteiger partial charge in [0, 0.05) is 6.26 Å². The minimum atomic E-state index is -3.98. The Morgan fingerprint density at radius 2 is 1.52 bits per heavy atom. The number of rotatable bonds is 4. The summed E-state index contributed by atoms with van der Waals surface area (Å²) in [6.07, 6.45) is 1.02. The van der Waals surface area contributed by atoms with Gasteiger partial charge in [0.1, 0.15) is 5.82 Å². The quantitative estimate of drug-likeness (QED) is 0.931. The fourth-order valence-electron chi connectivity index (χ4n) is 1.64. The maximum Gasteiger partial charge on any atom is 0.261 e. The van der Waals surface area contributed by atoms with Crippen molar-refractivity contribution in [3.05, 3.63) is 54.3 Å². The summed E-state index contributed by atoms with van der Waals surface area (Å²) in [5, 5.41) is 0. The number of hydrogen-bond donors (Lipinski definition) is 1. The lowest BCUT2D eigenvalue weighted by Crippen LogP contribution is -2.13. The average molecular weight is 329 g/mol. The molecule has 0 fully saturated rings. The van der Waals surface area contributed by atoms with Gasteiger partial charge in [-0.3, -0.25) is 4.72 Å². The molecule has 2 aromatic carbocycles. The summed E-state index contributed by atoms with van der Waals surface area (Å²) in [5.74, 6) is -0.678. The van der Waals surface area contributed by atoms with Gasteiger partial charge in [0.25, 0.3) is 10.0 Å². The van der Waals surface area contributed by atoms with Crippen molar-refractivity contribution in [1.29, 1.82) is 0 Å². The molecule has 5 nitrogen and oxygen atoms in total. The van der Waals surface area contributed by atoms with Gasteiger partial charge in [-0.15, -0.1) is 0 Å². The molecule has 0 aliphatic heterocycles. The summed E-state index contributed by atoms with van der Waals surface area (Å²) in [5.41, 5.74) is 0.0854. The van der Waals surface area contributed by atoms with E-state index >= 15 is 0 Å². The second kappa shape index (κ2) is 5.45. The maximum atomic E-state index is 13.1. The smallest absolute Gasteiger partial charge is 0.261 e. The van der Waals surface area contributed by atoms with Crippen LogP contribution >= 0.6 is 0 Å². The van der Waals surface area contributed by atoms with Gasteiger partial charge in [-0.25, -0.2) is 21.2 Å². The van der Waals surface area contributed by atoms with Crippen molar-refractivity contribution in [1.82, 2.24) is 0 Å². The van der Waals surface area contributed by atoms with Crippen molar-refractivity contribution >= 4 is 25.5 Å². The summed E-state index contributed by atoms with van der Waals surface area (Å²) < 4.78 is 62.4. The summed E-state index contributed by atoms with van der Waals surface area (Å²) in [6, 6.07) is 9.90. The third-order valence-corrected chi connectivity index (χ3v) is 5.11. The predicted molar refractivity (Wildman–Crippen MR) is 76.8 cm³/mol. The van der Waals surface area contributed by atoms with Crippen LogP contribution in [0, 0.1) is 5.82 Å². The highest BCUT2D eigenvalue weighted by atomic mass is 32.2. The standard InChI is InChI=1S/C13H12FNO4S2/c1-20(16,17)12-6-3-5-11(9-12)15-21(18,19)13-7-2-4-10(14)8-13/h2-9,15H,1H3. The van der Waals surface area contributed by atoms with Crippen LogP contribution in [0.3, 0.4) is 0 Å². The van der Waals surface area contributed by atoms with E-state index in [0.29, 0.717) is 0 Å². The Labute approximate surface area is 122 Å². The monoisotopic (exact) mass is 329 g/mol. The molecule has 0 aromatic heterocycles. The van der Waals surface area contributed by atoms with Crippen LogP contribution < -0.4 is 4.72 Å². The van der Waals surface area contributed by atoms with E-state index in [1.165, 1.54) is 36.4 Å². The maximum absolute atomic E-state index is 13.1. The molecule has 2 rings (SSSR count). The van der Waals surface area contributed by atoms with Crippen molar-refractivity contribution < 1.29 is 21.2 Å². The van der Waals surface area contributed by atoms with Crippen LogP contribution in [0.25, 0.3) is 0 Å². The normalized spacial score (nSPS) is 12.1. The number of benzene rings is 2. The molecule has 0 saturated heterocycles. The van der Waals surface area contributed by atoms with Crippen LogP contribution in [0.4, 0.5) is 10.1 Å². The molecule has 0 saturated carbocycles. The molecular weight excluding hydrogens is 317 g/mol. The SMILES string of the molecule is CS(=O)(=O)c1cccc(NS(=O)(=O)c2cccc(F)c2)c1. The van der Waals surface area contributed by atoms with E-state index in [0.717, 1.165) is 18.4 Å². The predicted octanol–water partition coefficient (Wildman–Crippen LogP) is 2.03. The van der Waals surface area contributed by atoms with Crippen LogP contribution in [0.15, 0.2) is 58.3 Å². The van der Waals surface area contributed by atoms with E-state index in [4.69, 9.17) is 0 Å². The van der Waals surface area contributed by atoms with Gasteiger partial charge in [0.05, 0.1) is 15.5 Å². The molecule has 0 spiro atoms. The zero-order chi connectivity index (χ0) is 15.7. The zero-order valence-corrected chi connectivity index (χ0v) is 12.6. The molecule has 8 heteroatoms. The molecule has 0 atom stereocenters. The molecule has 0 unspecified atom stereocenters. The molecule has 2 aromatic rings. The molecule has 0 radical (unpaired) electrons. The molecule has 0 aliphatic carbocycles. The van der Waals surface area contributed by atoms with Crippen LogP contribution in [-0.2, 0) is 19.9 Å². The summed E-state index contributed by atoms with van der Waals surface area (Å²) >= 11 is 0. The number of sulfonamides is 1.